The zero-order valence-electron chi connectivity index (χ0n) is 11.4. The number of amides is 1. The fourth-order valence-corrected chi connectivity index (χ4v) is 1.81. The zero-order valence-corrected chi connectivity index (χ0v) is 11.4. The summed E-state index contributed by atoms with van der Waals surface area (Å²) in [7, 11) is 0. The van der Waals surface area contributed by atoms with Crippen LogP contribution >= 0.6 is 0 Å². The van der Waals surface area contributed by atoms with Crippen LogP contribution in [-0.4, -0.2) is 25.4 Å². The monoisotopic (exact) mass is 279 g/mol. The van der Waals surface area contributed by atoms with E-state index in [2.05, 4.69) is 20.3 Å². The highest BCUT2D eigenvalue weighted by Crippen LogP contribution is 2.10. The third-order valence-corrected chi connectivity index (χ3v) is 2.92. The minimum atomic E-state index is -0.275. The zero-order chi connectivity index (χ0) is 14.7. The van der Waals surface area contributed by atoms with Gasteiger partial charge in [-0.2, -0.15) is 0 Å². The second-order valence-corrected chi connectivity index (χ2v) is 4.53. The molecule has 0 aliphatic rings. The summed E-state index contributed by atoms with van der Waals surface area (Å²) in [6.45, 7) is 1.99. The Hall–Kier alpha value is -3.02. The molecule has 6 heteroatoms. The van der Waals surface area contributed by atoms with Crippen LogP contribution in [0.3, 0.4) is 0 Å². The molecule has 1 amide bonds. The van der Waals surface area contributed by atoms with Gasteiger partial charge < -0.3 is 5.32 Å². The first-order chi connectivity index (χ1) is 10.2. The summed E-state index contributed by atoms with van der Waals surface area (Å²) >= 11 is 0. The molecule has 0 aliphatic carbocycles. The van der Waals surface area contributed by atoms with Crippen LogP contribution in [0.15, 0.2) is 55.2 Å². The predicted molar refractivity (Wildman–Crippen MR) is 78.3 cm³/mol. The van der Waals surface area contributed by atoms with Gasteiger partial charge in [0.05, 0.1) is 0 Å². The van der Waals surface area contributed by atoms with Crippen LogP contribution in [0, 0.1) is 6.92 Å². The van der Waals surface area contributed by atoms with Crippen LogP contribution < -0.4 is 5.32 Å². The normalized spacial score (nSPS) is 10.3. The van der Waals surface area contributed by atoms with Gasteiger partial charge in [0.25, 0.3) is 5.91 Å². The van der Waals surface area contributed by atoms with Crippen molar-refractivity contribution < 1.29 is 4.79 Å². The molecule has 104 valence electrons. The second-order valence-electron chi connectivity index (χ2n) is 4.53. The molecule has 0 radical (unpaired) electrons. The molecule has 0 spiro atoms. The van der Waals surface area contributed by atoms with Crippen molar-refractivity contribution in [3.63, 3.8) is 0 Å². The van der Waals surface area contributed by atoms with Gasteiger partial charge in [-0.25, -0.2) is 15.0 Å². The molecule has 0 unspecified atom stereocenters. The van der Waals surface area contributed by atoms with Crippen LogP contribution in [-0.2, 0) is 0 Å². The van der Waals surface area contributed by atoms with Gasteiger partial charge in [-0.15, -0.1) is 0 Å². The molecule has 0 fully saturated rings. The molecular formula is C15H13N5O. The van der Waals surface area contributed by atoms with Gasteiger partial charge in [-0.05, 0) is 25.1 Å². The first kappa shape index (κ1) is 13.0. The molecular weight excluding hydrogens is 266 g/mol. The molecule has 3 aromatic rings. The number of nitrogens with zero attached hydrogens (tertiary/aromatic N) is 4. The number of rotatable bonds is 3. The van der Waals surface area contributed by atoms with E-state index >= 15 is 0 Å². The number of carbonyl (C=O) groups is 1. The fourth-order valence-electron chi connectivity index (χ4n) is 1.81. The maximum atomic E-state index is 12.2. The van der Waals surface area contributed by atoms with E-state index in [-0.39, 0.29) is 5.91 Å². The van der Waals surface area contributed by atoms with E-state index in [4.69, 9.17) is 0 Å². The van der Waals surface area contributed by atoms with Crippen molar-refractivity contribution in [1.82, 2.24) is 19.5 Å². The van der Waals surface area contributed by atoms with Crippen LogP contribution in [0.25, 0.3) is 5.95 Å². The molecule has 0 aliphatic heterocycles. The Kier molecular flexibility index (Phi) is 3.42. The molecule has 21 heavy (non-hydrogen) atoms. The Morgan fingerprint density at radius 3 is 2.67 bits per heavy atom. The molecule has 1 N–H and O–H groups in total. The van der Waals surface area contributed by atoms with Gasteiger partial charge >= 0.3 is 0 Å². The van der Waals surface area contributed by atoms with Gasteiger partial charge in [-0.3, -0.25) is 9.36 Å². The first-order valence-corrected chi connectivity index (χ1v) is 6.42. The molecule has 0 saturated carbocycles. The largest absolute Gasteiger partial charge is 0.321 e. The Morgan fingerprint density at radius 1 is 1.14 bits per heavy atom. The Bertz CT molecular complexity index is 750. The van der Waals surface area contributed by atoms with E-state index in [0.29, 0.717) is 11.6 Å². The lowest BCUT2D eigenvalue weighted by molar-refractivity contribution is 0.102. The molecule has 3 rings (SSSR count). The lowest BCUT2D eigenvalue weighted by Gasteiger charge is -2.06. The van der Waals surface area contributed by atoms with E-state index in [9.17, 15) is 4.79 Å². The summed E-state index contributed by atoms with van der Waals surface area (Å²) in [4.78, 5) is 24.5. The van der Waals surface area contributed by atoms with Gasteiger partial charge in [0, 0.05) is 24.3 Å². The average Bonchev–Trinajstić information content (AvgIpc) is 3.04. The summed E-state index contributed by atoms with van der Waals surface area (Å²) < 4.78 is 1.64. The van der Waals surface area contributed by atoms with E-state index < -0.39 is 0 Å². The Morgan fingerprint density at radius 2 is 1.95 bits per heavy atom. The summed E-state index contributed by atoms with van der Waals surface area (Å²) in [6.07, 6.45) is 6.47. The molecule has 2 aromatic heterocycles. The van der Waals surface area contributed by atoms with Crippen LogP contribution in [0.5, 0.6) is 0 Å². The minimum absolute atomic E-state index is 0.275. The Labute approximate surface area is 121 Å². The minimum Gasteiger partial charge on any atom is -0.321 e. The number of anilines is 1. The average molecular weight is 279 g/mol. The van der Waals surface area contributed by atoms with Gasteiger partial charge in [0.15, 0.2) is 0 Å². The van der Waals surface area contributed by atoms with Crippen molar-refractivity contribution in [1.29, 1.82) is 0 Å². The van der Waals surface area contributed by atoms with Gasteiger partial charge in [0.1, 0.15) is 12.0 Å². The third kappa shape index (κ3) is 2.94. The topological polar surface area (TPSA) is 72.7 Å². The van der Waals surface area contributed by atoms with E-state index in [0.717, 1.165) is 11.3 Å². The number of nitrogens with one attached hydrogen (secondary N) is 1. The number of aromatic nitrogens is 4. The van der Waals surface area contributed by atoms with Crippen molar-refractivity contribution in [3.05, 3.63) is 66.5 Å². The highest BCUT2D eigenvalue weighted by molar-refractivity contribution is 6.02. The maximum Gasteiger partial charge on any atom is 0.274 e. The highest BCUT2D eigenvalue weighted by atomic mass is 16.1. The summed E-state index contributed by atoms with van der Waals surface area (Å²) in [5.41, 5.74) is 2.17. The Balaban J connectivity index is 1.81. The molecule has 0 atom stereocenters. The first-order valence-electron chi connectivity index (χ1n) is 6.42. The number of benzene rings is 1. The third-order valence-electron chi connectivity index (χ3n) is 2.92. The predicted octanol–water partition coefficient (Wildman–Crippen LogP) is 2.22. The van der Waals surface area contributed by atoms with E-state index in [1.165, 1.54) is 0 Å². The summed E-state index contributed by atoms with van der Waals surface area (Å²) in [6, 6.07) is 9.15. The van der Waals surface area contributed by atoms with Crippen molar-refractivity contribution in [2.45, 2.75) is 6.92 Å². The lowest BCUT2D eigenvalue weighted by Crippen LogP contribution is -2.15. The number of aryl methyl sites for hydroxylation is 1. The number of hydrogen-bond donors (Lipinski definition) is 1. The number of carbonyl (C=O) groups excluding carboxylic acids is 1. The fraction of sp³-hybridized carbons (Fsp3) is 0.0667. The number of imidazole rings is 1. The van der Waals surface area contributed by atoms with Crippen LogP contribution in [0.4, 0.5) is 5.69 Å². The SMILES string of the molecule is Cc1ccc(NC(=O)c2ccnc(-n3ccnc3)n2)cc1. The molecule has 0 saturated heterocycles. The molecule has 6 nitrogen and oxygen atoms in total. The summed E-state index contributed by atoms with van der Waals surface area (Å²) in [5.74, 6) is 0.131. The number of hydrogen-bond acceptors (Lipinski definition) is 4. The lowest BCUT2D eigenvalue weighted by atomic mass is 10.2. The standard InChI is InChI=1S/C15H13N5O/c1-11-2-4-12(5-3-11)18-14(21)13-6-7-17-15(19-13)20-9-8-16-10-20/h2-10H,1H3,(H,18,21). The van der Waals surface area contributed by atoms with Crippen molar-refractivity contribution in [3.8, 4) is 5.95 Å². The van der Waals surface area contributed by atoms with Gasteiger partial charge in [0.2, 0.25) is 5.95 Å². The molecule has 2 heterocycles. The van der Waals surface area contributed by atoms with Crippen molar-refractivity contribution in [2.75, 3.05) is 5.32 Å². The highest BCUT2D eigenvalue weighted by Gasteiger charge is 2.09. The van der Waals surface area contributed by atoms with Crippen LogP contribution in [0.1, 0.15) is 16.1 Å². The molecule has 0 bridgehead atoms. The molecule has 1 aromatic carbocycles. The van der Waals surface area contributed by atoms with E-state index in [1.54, 1.807) is 35.6 Å². The van der Waals surface area contributed by atoms with Gasteiger partial charge in [-0.1, -0.05) is 17.7 Å². The summed E-state index contributed by atoms with van der Waals surface area (Å²) in [5, 5.41) is 2.80. The van der Waals surface area contributed by atoms with Crippen LogP contribution in [0.2, 0.25) is 0 Å². The smallest absolute Gasteiger partial charge is 0.274 e. The van der Waals surface area contributed by atoms with Crippen molar-refractivity contribution in [2.24, 2.45) is 0 Å². The second kappa shape index (κ2) is 5.54. The quantitative estimate of drug-likeness (QED) is 0.798. The van der Waals surface area contributed by atoms with E-state index in [1.807, 2.05) is 31.2 Å². The maximum absolute atomic E-state index is 12.2. The van der Waals surface area contributed by atoms with Crippen molar-refractivity contribution >= 4 is 11.6 Å².